The molecule has 1 heterocycles. The van der Waals surface area contributed by atoms with Crippen molar-refractivity contribution in [2.24, 2.45) is 0 Å². The lowest BCUT2D eigenvalue weighted by Crippen LogP contribution is -2.40. The van der Waals surface area contributed by atoms with Gasteiger partial charge in [-0.15, -0.1) is 0 Å². The van der Waals surface area contributed by atoms with E-state index in [4.69, 9.17) is 0 Å². The van der Waals surface area contributed by atoms with Crippen molar-refractivity contribution in [2.75, 3.05) is 10.2 Å². The summed E-state index contributed by atoms with van der Waals surface area (Å²) < 4.78 is 0. The SMILES string of the molecule is CCCC(=O)N1c2ccccc2C(Nc2ccccc2)=C[C@H]1C. The Bertz CT molecular complexity index is 721. The van der Waals surface area contributed by atoms with Crippen LogP contribution in [-0.2, 0) is 4.79 Å². The van der Waals surface area contributed by atoms with Gasteiger partial charge in [-0.2, -0.15) is 0 Å². The van der Waals surface area contributed by atoms with Gasteiger partial charge in [0.1, 0.15) is 0 Å². The third kappa shape index (κ3) is 3.14. The Hall–Kier alpha value is -2.55. The van der Waals surface area contributed by atoms with E-state index in [-0.39, 0.29) is 11.9 Å². The molecule has 2 aromatic carbocycles. The number of nitrogens with zero attached hydrogens (tertiary/aromatic N) is 1. The first-order valence-corrected chi connectivity index (χ1v) is 8.16. The molecule has 0 spiro atoms. The Balaban J connectivity index is 1.97. The lowest BCUT2D eigenvalue weighted by atomic mass is 9.99. The maximum Gasteiger partial charge on any atom is 0.227 e. The normalized spacial score (nSPS) is 16.5. The fourth-order valence-corrected chi connectivity index (χ4v) is 3.02. The van der Waals surface area contributed by atoms with Gasteiger partial charge < -0.3 is 10.2 Å². The van der Waals surface area contributed by atoms with Gasteiger partial charge in [0.15, 0.2) is 0 Å². The fourth-order valence-electron chi connectivity index (χ4n) is 3.02. The van der Waals surface area contributed by atoms with Crippen LogP contribution >= 0.6 is 0 Å². The van der Waals surface area contributed by atoms with Crippen LogP contribution in [0.5, 0.6) is 0 Å². The molecule has 3 nitrogen and oxygen atoms in total. The van der Waals surface area contributed by atoms with E-state index in [2.05, 4.69) is 24.4 Å². The number of carbonyl (C=O) groups excluding carboxylic acids is 1. The van der Waals surface area contributed by atoms with Gasteiger partial charge in [-0.3, -0.25) is 4.79 Å². The van der Waals surface area contributed by atoms with E-state index in [9.17, 15) is 4.79 Å². The van der Waals surface area contributed by atoms with Crippen LogP contribution in [0.4, 0.5) is 11.4 Å². The van der Waals surface area contributed by atoms with Crippen molar-refractivity contribution >= 4 is 23.0 Å². The Morgan fingerprint density at radius 2 is 1.78 bits per heavy atom. The molecule has 118 valence electrons. The van der Waals surface area contributed by atoms with Crippen molar-refractivity contribution in [3.05, 3.63) is 66.2 Å². The summed E-state index contributed by atoms with van der Waals surface area (Å²) in [5.41, 5.74) is 4.16. The van der Waals surface area contributed by atoms with Crippen molar-refractivity contribution in [1.82, 2.24) is 0 Å². The summed E-state index contributed by atoms with van der Waals surface area (Å²) in [7, 11) is 0. The zero-order valence-corrected chi connectivity index (χ0v) is 13.6. The van der Waals surface area contributed by atoms with Crippen LogP contribution in [0.3, 0.4) is 0 Å². The monoisotopic (exact) mass is 306 g/mol. The van der Waals surface area contributed by atoms with E-state index >= 15 is 0 Å². The molecule has 3 heteroatoms. The molecule has 1 atom stereocenters. The molecular weight excluding hydrogens is 284 g/mol. The van der Waals surface area contributed by atoms with Crippen LogP contribution in [0.2, 0.25) is 0 Å². The second kappa shape index (κ2) is 6.69. The van der Waals surface area contributed by atoms with Gasteiger partial charge in [-0.05, 0) is 37.6 Å². The first kappa shape index (κ1) is 15.3. The quantitative estimate of drug-likeness (QED) is 0.890. The lowest BCUT2D eigenvalue weighted by Gasteiger charge is -2.34. The van der Waals surface area contributed by atoms with Crippen molar-refractivity contribution in [3.63, 3.8) is 0 Å². The van der Waals surface area contributed by atoms with Gasteiger partial charge in [0, 0.05) is 23.4 Å². The van der Waals surface area contributed by atoms with Crippen LogP contribution in [0.25, 0.3) is 5.70 Å². The molecule has 3 rings (SSSR count). The first-order valence-electron chi connectivity index (χ1n) is 8.16. The zero-order chi connectivity index (χ0) is 16.2. The van der Waals surface area contributed by atoms with E-state index < -0.39 is 0 Å². The number of benzene rings is 2. The van der Waals surface area contributed by atoms with Gasteiger partial charge in [0.2, 0.25) is 5.91 Å². The average Bonchev–Trinajstić information content (AvgIpc) is 2.56. The number of hydrogen-bond donors (Lipinski definition) is 1. The number of anilines is 2. The van der Waals surface area contributed by atoms with Crippen LogP contribution in [0, 0.1) is 0 Å². The van der Waals surface area contributed by atoms with E-state index in [1.807, 2.05) is 60.4 Å². The Morgan fingerprint density at radius 1 is 1.09 bits per heavy atom. The number of rotatable bonds is 4. The van der Waals surface area contributed by atoms with Crippen molar-refractivity contribution < 1.29 is 4.79 Å². The molecule has 0 radical (unpaired) electrons. The topological polar surface area (TPSA) is 32.3 Å². The molecule has 0 saturated carbocycles. The smallest absolute Gasteiger partial charge is 0.227 e. The molecule has 0 unspecified atom stereocenters. The molecule has 1 aliphatic heterocycles. The van der Waals surface area contributed by atoms with Crippen molar-refractivity contribution in [1.29, 1.82) is 0 Å². The molecule has 1 amide bonds. The van der Waals surface area contributed by atoms with E-state index in [0.29, 0.717) is 6.42 Å². The van der Waals surface area contributed by atoms with Crippen molar-refractivity contribution in [3.8, 4) is 0 Å². The molecule has 0 aromatic heterocycles. The summed E-state index contributed by atoms with van der Waals surface area (Å²) in [6.07, 6.45) is 3.57. The molecule has 0 saturated heterocycles. The van der Waals surface area contributed by atoms with Gasteiger partial charge in [0.05, 0.1) is 11.7 Å². The average molecular weight is 306 g/mol. The minimum Gasteiger partial charge on any atom is -0.355 e. The zero-order valence-electron chi connectivity index (χ0n) is 13.6. The molecule has 2 aromatic rings. The number of hydrogen-bond acceptors (Lipinski definition) is 2. The number of nitrogens with one attached hydrogen (secondary N) is 1. The highest BCUT2D eigenvalue weighted by Crippen LogP contribution is 2.35. The van der Waals surface area contributed by atoms with Crippen LogP contribution in [-0.4, -0.2) is 11.9 Å². The minimum atomic E-state index is 0.0372. The highest BCUT2D eigenvalue weighted by Gasteiger charge is 2.27. The summed E-state index contributed by atoms with van der Waals surface area (Å²) >= 11 is 0. The predicted molar refractivity (Wildman–Crippen MR) is 96.3 cm³/mol. The highest BCUT2D eigenvalue weighted by atomic mass is 16.2. The van der Waals surface area contributed by atoms with Gasteiger partial charge >= 0.3 is 0 Å². The molecule has 0 bridgehead atoms. The standard InChI is InChI=1S/C20H22N2O/c1-3-9-20(23)22-15(2)14-18(17-12-7-8-13-19(17)22)21-16-10-5-4-6-11-16/h4-8,10-15,21H,3,9H2,1-2H3/t15-/m1/s1. The molecule has 1 aliphatic rings. The summed E-state index contributed by atoms with van der Waals surface area (Å²) in [6, 6.07) is 18.2. The number of fused-ring (bicyclic) bond motifs is 1. The minimum absolute atomic E-state index is 0.0372. The Kier molecular flexibility index (Phi) is 4.47. The summed E-state index contributed by atoms with van der Waals surface area (Å²) in [4.78, 5) is 14.4. The van der Waals surface area contributed by atoms with E-state index in [1.165, 1.54) is 0 Å². The van der Waals surface area contributed by atoms with Crippen LogP contribution < -0.4 is 10.2 Å². The van der Waals surface area contributed by atoms with Gasteiger partial charge in [-0.1, -0.05) is 43.3 Å². The highest BCUT2D eigenvalue weighted by molar-refractivity contribution is 6.00. The number of carbonyl (C=O) groups is 1. The fraction of sp³-hybridized carbons (Fsp3) is 0.250. The second-order valence-electron chi connectivity index (χ2n) is 5.84. The second-order valence-corrected chi connectivity index (χ2v) is 5.84. The van der Waals surface area contributed by atoms with E-state index in [0.717, 1.165) is 29.1 Å². The third-order valence-electron chi connectivity index (χ3n) is 4.05. The summed E-state index contributed by atoms with van der Waals surface area (Å²) in [5.74, 6) is 0.183. The van der Waals surface area contributed by atoms with Crippen molar-refractivity contribution in [2.45, 2.75) is 32.7 Å². The molecule has 0 aliphatic carbocycles. The maximum absolute atomic E-state index is 12.5. The van der Waals surface area contributed by atoms with Gasteiger partial charge in [-0.25, -0.2) is 0 Å². The maximum atomic E-state index is 12.5. The summed E-state index contributed by atoms with van der Waals surface area (Å²) in [6.45, 7) is 4.10. The summed E-state index contributed by atoms with van der Waals surface area (Å²) in [5, 5.41) is 3.48. The van der Waals surface area contributed by atoms with Gasteiger partial charge in [0.25, 0.3) is 0 Å². The van der Waals surface area contributed by atoms with Crippen LogP contribution in [0.1, 0.15) is 32.3 Å². The first-order chi connectivity index (χ1) is 11.2. The number of para-hydroxylation sites is 2. The third-order valence-corrected chi connectivity index (χ3v) is 4.05. The Morgan fingerprint density at radius 3 is 2.52 bits per heavy atom. The molecule has 23 heavy (non-hydrogen) atoms. The van der Waals surface area contributed by atoms with E-state index in [1.54, 1.807) is 0 Å². The lowest BCUT2D eigenvalue weighted by molar-refractivity contribution is -0.118. The number of amides is 1. The Labute approximate surface area is 137 Å². The molecule has 0 fully saturated rings. The molecular formula is C20H22N2O. The largest absolute Gasteiger partial charge is 0.355 e. The van der Waals surface area contributed by atoms with Crippen LogP contribution in [0.15, 0.2) is 60.7 Å². The molecule has 1 N–H and O–H groups in total. The predicted octanol–water partition coefficient (Wildman–Crippen LogP) is 4.67.